The molecule has 1 aliphatic heterocycles. The number of nitrogens with zero attached hydrogens (tertiary/aromatic N) is 2. The molecule has 0 aromatic carbocycles. The summed E-state index contributed by atoms with van der Waals surface area (Å²) in [7, 11) is 4.08. The quantitative estimate of drug-likeness (QED) is 0.822. The van der Waals surface area contributed by atoms with E-state index in [9.17, 15) is 0 Å². The molecule has 0 amide bonds. The summed E-state index contributed by atoms with van der Waals surface area (Å²) in [6.07, 6.45) is 1.08. The van der Waals surface area contributed by atoms with E-state index >= 15 is 0 Å². The Morgan fingerprint density at radius 1 is 1.19 bits per heavy atom. The van der Waals surface area contributed by atoms with Crippen LogP contribution in [0.15, 0.2) is 0 Å². The van der Waals surface area contributed by atoms with Gasteiger partial charge in [-0.05, 0) is 0 Å². The number of rotatable bonds is 1. The van der Waals surface area contributed by atoms with Crippen LogP contribution < -0.4 is 10.2 Å². The normalized spacial score (nSPS) is 12.6. The van der Waals surface area contributed by atoms with E-state index in [1.165, 1.54) is 10.6 Å². The van der Waals surface area contributed by atoms with Crippen LogP contribution in [0.5, 0.6) is 0 Å². The number of hydrogen-bond donors (Lipinski definition) is 1. The molecule has 0 unspecified atom stereocenters. The molecule has 0 aliphatic carbocycles. The van der Waals surface area contributed by atoms with Gasteiger partial charge in [-0.15, -0.1) is 11.3 Å². The monoisotopic (exact) mass is 243 g/mol. The molecule has 2 rings (SSSR count). The second-order valence-electron chi connectivity index (χ2n) is 3.19. The molecule has 0 spiro atoms. The Bertz CT molecular complexity index is 258. The molecule has 0 fully saturated rings. The van der Waals surface area contributed by atoms with Gasteiger partial charge in [0.2, 0.25) is 0 Å². The van der Waals surface area contributed by atoms with E-state index in [-0.39, 0.29) is 0 Å². The zero-order valence-electron chi connectivity index (χ0n) is 11.4. The van der Waals surface area contributed by atoms with Gasteiger partial charge < -0.3 is 10.2 Å². The zero-order valence-corrected chi connectivity index (χ0v) is 12.2. The van der Waals surface area contributed by atoms with Crippen molar-refractivity contribution in [2.75, 3.05) is 25.5 Å². The smallest absolute Gasteiger partial charge is 0.185 e. The number of hydrogen-bond acceptors (Lipinski definition) is 4. The maximum Gasteiger partial charge on any atom is 0.185 e. The lowest BCUT2D eigenvalue weighted by Gasteiger charge is -2.09. The minimum atomic E-state index is 1.00. The fourth-order valence-corrected chi connectivity index (χ4v) is 2.30. The van der Waals surface area contributed by atoms with Crippen LogP contribution in [0.4, 0.5) is 5.13 Å². The number of nitrogens with one attached hydrogen (secondary N) is 1. The predicted molar refractivity (Wildman–Crippen MR) is 74.5 cm³/mol. The van der Waals surface area contributed by atoms with Crippen molar-refractivity contribution in [3.63, 3.8) is 0 Å². The van der Waals surface area contributed by atoms with Gasteiger partial charge in [-0.1, -0.05) is 27.7 Å². The van der Waals surface area contributed by atoms with E-state index in [0.29, 0.717) is 0 Å². The first-order valence-electron chi connectivity index (χ1n) is 6.14. The second kappa shape index (κ2) is 8.53. The Morgan fingerprint density at radius 3 is 2.31 bits per heavy atom. The van der Waals surface area contributed by atoms with Crippen LogP contribution in [-0.2, 0) is 13.0 Å². The summed E-state index contributed by atoms with van der Waals surface area (Å²) < 4.78 is 0. The van der Waals surface area contributed by atoms with E-state index in [1.807, 2.05) is 41.8 Å². The first-order valence-corrected chi connectivity index (χ1v) is 6.95. The molecule has 0 saturated heterocycles. The molecule has 1 aromatic rings. The lowest BCUT2D eigenvalue weighted by molar-refractivity contribution is 0.643. The number of fused-ring (bicyclic) bond motifs is 1. The highest BCUT2D eigenvalue weighted by Crippen LogP contribution is 2.26. The summed E-state index contributed by atoms with van der Waals surface area (Å²) in [5, 5.41) is 4.47. The van der Waals surface area contributed by atoms with Crippen LogP contribution in [0.25, 0.3) is 0 Å². The maximum atomic E-state index is 4.55. The third kappa shape index (κ3) is 4.10. The molecule has 0 saturated carbocycles. The van der Waals surface area contributed by atoms with Gasteiger partial charge in [0, 0.05) is 38.5 Å². The molecule has 0 radical (unpaired) electrons. The van der Waals surface area contributed by atoms with Crippen molar-refractivity contribution in [1.82, 2.24) is 10.3 Å². The molecule has 0 atom stereocenters. The first-order chi connectivity index (χ1) is 7.77. The molecule has 2 heterocycles. The molecule has 1 N–H and O–H groups in total. The van der Waals surface area contributed by atoms with E-state index in [4.69, 9.17) is 0 Å². The maximum absolute atomic E-state index is 4.55. The summed E-state index contributed by atoms with van der Waals surface area (Å²) in [5.74, 6) is 0. The van der Waals surface area contributed by atoms with Crippen molar-refractivity contribution in [1.29, 1.82) is 0 Å². The lowest BCUT2D eigenvalue weighted by atomic mass is 10.2. The largest absolute Gasteiger partial charge is 0.354 e. The fraction of sp³-hybridized carbons (Fsp3) is 0.750. The minimum Gasteiger partial charge on any atom is -0.354 e. The topological polar surface area (TPSA) is 28.2 Å². The van der Waals surface area contributed by atoms with Gasteiger partial charge in [0.25, 0.3) is 0 Å². The number of thiazole rings is 1. The third-order valence-electron chi connectivity index (χ3n) is 1.97. The molecular weight excluding hydrogens is 218 g/mol. The molecule has 1 aromatic heterocycles. The summed E-state index contributed by atoms with van der Waals surface area (Å²) in [6.45, 7) is 10.1. The second-order valence-corrected chi connectivity index (χ2v) is 4.25. The average molecular weight is 243 g/mol. The SMILES string of the molecule is CC.CC.CN(C)c1nc2c(s1)CNCC2. The van der Waals surface area contributed by atoms with E-state index in [1.54, 1.807) is 11.3 Å². The van der Waals surface area contributed by atoms with E-state index < -0.39 is 0 Å². The van der Waals surface area contributed by atoms with Gasteiger partial charge in [0.15, 0.2) is 5.13 Å². The van der Waals surface area contributed by atoms with Crippen LogP contribution in [-0.4, -0.2) is 25.6 Å². The van der Waals surface area contributed by atoms with Crippen LogP contribution in [0.1, 0.15) is 38.3 Å². The zero-order chi connectivity index (χ0) is 12.6. The van der Waals surface area contributed by atoms with Crippen molar-refractivity contribution in [3.05, 3.63) is 10.6 Å². The van der Waals surface area contributed by atoms with Crippen LogP contribution in [0.2, 0.25) is 0 Å². The standard InChI is InChI=1S/C8H13N3S.2C2H6/c1-11(2)8-10-6-3-4-9-5-7(6)12-8;2*1-2/h9H,3-5H2,1-2H3;2*1-2H3. The highest BCUT2D eigenvalue weighted by molar-refractivity contribution is 7.15. The summed E-state index contributed by atoms with van der Waals surface area (Å²) in [5.41, 5.74) is 1.29. The fourth-order valence-electron chi connectivity index (χ4n) is 1.30. The van der Waals surface area contributed by atoms with Gasteiger partial charge in [-0.2, -0.15) is 0 Å². The van der Waals surface area contributed by atoms with Crippen molar-refractivity contribution >= 4 is 16.5 Å². The van der Waals surface area contributed by atoms with Crippen LogP contribution >= 0.6 is 11.3 Å². The molecule has 3 nitrogen and oxygen atoms in total. The van der Waals surface area contributed by atoms with Gasteiger partial charge >= 0.3 is 0 Å². The Labute approximate surface area is 104 Å². The van der Waals surface area contributed by atoms with Crippen LogP contribution in [0, 0.1) is 0 Å². The summed E-state index contributed by atoms with van der Waals surface area (Å²) in [4.78, 5) is 8.03. The minimum absolute atomic E-state index is 1.00. The Balaban J connectivity index is 0.000000509. The number of aromatic nitrogens is 1. The predicted octanol–water partition coefficient (Wildman–Crippen LogP) is 2.91. The van der Waals surface area contributed by atoms with E-state index in [2.05, 4.69) is 15.2 Å². The molecule has 16 heavy (non-hydrogen) atoms. The van der Waals surface area contributed by atoms with Crippen molar-refractivity contribution in [2.24, 2.45) is 0 Å². The van der Waals surface area contributed by atoms with Crippen molar-refractivity contribution < 1.29 is 0 Å². The number of anilines is 1. The first kappa shape index (κ1) is 15.4. The Morgan fingerprint density at radius 2 is 1.81 bits per heavy atom. The molecule has 94 valence electrons. The average Bonchev–Trinajstić information content (AvgIpc) is 2.78. The molecule has 0 bridgehead atoms. The molecular formula is C12H25N3S. The van der Waals surface area contributed by atoms with Gasteiger partial charge in [0.05, 0.1) is 5.69 Å². The molecule has 4 heteroatoms. The Hall–Kier alpha value is -0.610. The molecule has 1 aliphatic rings. The van der Waals surface area contributed by atoms with Crippen LogP contribution in [0.3, 0.4) is 0 Å². The summed E-state index contributed by atoms with van der Waals surface area (Å²) in [6, 6.07) is 0. The summed E-state index contributed by atoms with van der Waals surface area (Å²) >= 11 is 1.80. The van der Waals surface area contributed by atoms with Crippen molar-refractivity contribution in [2.45, 2.75) is 40.7 Å². The lowest BCUT2D eigenvalue weighted by Crippen LogP contribution is -2.22. The highest BCUT2D eigenvalue weighted by atomic mass is 32.1. The van der Waals surface area contributed by atoms with Gasteiger partial charge in [0.1, 0.15) is 0 Å². The van der Waals surface area contributed by atoms with Gasteiger partial charge in [-0.25, -0.2) is 4.98 Å². The van der Waals surface area contributed by atoms with Crippen molar-refractivity contribution in [3.8, 4) is 0 Å². The third-order valence-corrected chi connectivity index (χ3v) is 3.24. The highest BCUT2D eigenvalue weighted by Gasteiger charge is 2.14. The Kier molecular flexibility index (Phi) is 8.21. The van der Waals surface area contributed by atoms with Gasteiger partial charge in [-0.3, -0.25) is 0 Å². The van der Waals surface area contributed by atoms with E-state index in [0.717, 1.165) is 24.6 Å².